The van der Waals surface area contributed by atoms with Crippen LogP contribution in [-0.2, 0) is 11.2 Å². The normalized spacial score (nSPS) is 22.7. The molecule has 104 valence electrons. The number of carbonyl (C=O) groups is 2. The number of aliphatic carboxylic acids is 1. The summed E-state index contributed by atoms with van der Waals surface area (Å²) in [6, 6.07) is 0. The van der Waals surface area contributed by atoms with Gasteiger partial charge in [-0.15, -0.1) is 11.3 Å². The number of hydrogen-bond donors (Lipinski definition) is 1. The molecule has 5 nitrogen and oxygen atoms in total. The summed E-state index contributed by atoms with van der Waals surface area (Å²) in [5.74, 6) is -1.36. The molecule has 0 radical (unpaired) electrons. The number of carbonyl (C=O) groups excluding carboxylic acids is 1. The van der Waals surface area contributed by atoms with E-state index >= 15 is 0 Å². The number of carboxylic acids is 1. The van der Waals surface area contributed by atoms with Crippen LogP contribution in [-0.4, -0.2) is 40.0 Å². The van der Waals surface area contributed by atoms with Crippen molar-refractivity contribution in [1.29, 1.82) is 0 Å². The zero-order valence-corrected chi connectivity index (χ0v) is 11.9. The number of aryl methyl sites for hydroxylation is 1. The lowest BCUT2D eigenvalue weighted by Crippen LogP contribution is -2.29. The topological polar surface area (TPSA) is 70.5 Å². The van der Waals surface area contributed by atoms with Gasteiger partial charge in [-0.05, 0) is 18.8 Å². The van der Waals surface area contributed by atoms with Gasteiger partial charge >= 0.3 is 5.97 Å². The fourth-order valence-electron chi connectivity index (χ4n) is 2.35. The Morgan fingerprint density at radius 1 is 1.53 bits per heavy atom. The van der Waals surface area contributed by atoms with E-state index in [0.717, 1.165) is 17.8 Å². The van der Waals surface area contributed by atoms with Crippen molar-refractivity contribution < 1.29 is 14.7 Å². The highest BCUT2D eigenvalue weighted by Gasteiger charge is 2.37. The lowest BCUT2D eigenvalue weighted by atomic mass is 9.99. The molecule has 1 aliphatic rings. The van der Waals surface area contributed by atoms with Crippen LogP contribution in [0.15, 0.2) is 6.20 Å². The maximum atomic E-state index is 12.3. The fraction of sp³-hybridized carbons (Fsp3) is 0.615. The molecule has 0 saturated carbocycles. The molecular weight excluding hydrogens is 264 g/mol. The Morgan fingerprint density at radius 3 is 2.84 bits per heavy atom. The monoisotopic (exact) mass is 282 g/mol. The molecule has 0 bridgehead atoms. The van der Waals surface area contributed by atoms with Gasteiger partial charge in [0, 0.05) is 13.1 Å². The van der Waals surface area contributed by atoms with Crippen LogP contribution in [0.5, 0.6) is 0 Å². The predicted octanol–water partition coefficient (Wildman–Crippen LogP) is 1.89. The van der Waals surface area contributed by atoms with Crippen LogP contribution < -0.4 is 0 Å². The molecule has 2 rings (SSSR count). The quantitative estimate of drug-likeness (QED) is 0.915. The van der Waals surface area contributed by atoms with E-state index in [0.29, 0.717) is 18.0 Å². The highest BCUT2D eigenvalue weighted by molar-refractivity contribution is 7.13. The average molecular weight is 282 g/mol. The summed E-state index contributed by atoms with van der Waals surface area (Å²) >= 11 is 1.41. The Bertz CT molecular complexity index is 486. The third-order valence-electron chi connectivity index (χ3n) is 3.44. The minimum Gasteiger partial charge on any atom is -0.481 e. The second-order valence-corrected chi connectivity index (χ2v) is 6.12. The number of carboxylic acid groups (broad SMARTS) is 1. The standard InChI is InChI=1S/C13H18N2O3S/c1-3-4-11-14-5-10(19-11)12(16)15-6-8(2)9(7-15)13(17)18/h5,8-9H,3-4,6-7H2,1-2H3,(H,17,18)/t8-,9-/m1/s1. The first-order valence-electron chi connectivity index (χ1n) is 6.49. The van der Waals surface area contributed by atoms with E-state index in [1.165, 1.54) is 11.3 Å². The zero-order valence-electron chi connectivity index (χ0n) is 11.1. The van der Waals surface area contributed by atoms with Gasteiger partial charge in [0.25, 0.3) is 5.91 Å². The first-order valence-corrected chi connectivity index (χ1v) is 7.31. The molecule has 1 saturated heterocycles. The van der Waals surface area contributed by atoms with E-state index in [4.69, 9.17) is 5.11 Å². The van der Waals surface area contributed by atoms with Gasteiger partial charge in [0.15, 0.2) is 0 Å². The first kappa shape index (κ1) is 14.0. The summed E-state index contributed by atoms with van der Waals surface area (Å²) in [4.78, 5) is 29.8. The lowest BCUT2D eigenvalue weighted by Gasteiger charge is -2.14. The van der Waals surface area contributed by atoms with Crippen LogP contribution in [0, 0.1) is 11.8 Å². The second kappa shape index (κ2) is 5.69. The van der Waals surface area contributed by atoms with Gasteiger partial charge in [-0.1, -0.05) is 13.8 Å². The number of hydrogen-bond acceptors (Lipinski definition) is 4. The van der Waals surface area contributed by atoms with Crippen LogP contribution >= 0.6 is 11.3 Å². The fourth-order valence-corrected chi connectivity index (χ4v) is 3.34. The van der Waals surface area contributed by atoms with Gasteiger partial charge < -0.3 is 10.0 Å². The molecule has 19 heavy (non-hydrogen) atoms. The summed E-state index contributed by atoms with van der Waals surface area (Å²) in [6.45, 7) is 4.76. The molecule has 1 amide bonds. The Hall–Kier alpha value is -1.43. The maximum Gasteiger partial charge on any atom is 0.308 e. The number of rotatable bonds is 4. The zero-order chi connectivity index (χ0) is 14.0. The average Bonchev–Trinajstić information content (AvgIpc) is 2.95. The van der Waals surface area contributed by atoms with E-state index in [-0.39, 0.29) is 11.8 Å². The minimum atomic E-state index is -0.821. The molecular formula is C13H18N2O3S. The number of aromatic nitrogens is 1. The number of likely N-dealkylation sites (tertiary alicyclic amines) is 1. The molecule has 1 N–H and O–H groups in total. The van der Waals surface area contributed by atoms with Gasteiger partial charge in [0.05, 0.1) is 17.1 Å². The van der Waals surface area contributed by atoms with Crippen molar-refractivity contribution in [1.82, 2.24) is 9.88 Å². The molecule has 2 heterocycles. The largest absolute Gasteiger partial charge is 0.481 e. The van der Waals surface area contributed by atoms with Crippen molar-refractivity contribution in [3.05, 3.63) is 16.1 Å². The molecule has 1 aromatic heterocycles. The molecule has 0 spiro atoms. The lowest BCUT2D eigenvalue weighted by molar-refractivity contribution is -0.142. The molecule has 0 aromatic carbocycles. The number of amides is 1. The Kier molecular flexibility index (Phi) is 4.19. The Morgan fingerprint density at radius 2 is 2.26 bits per heavy atom. The SMILES string of the molecule is CCCc1ncc(C(=O)N2C[C@@H](C)[C@H](C(=O)O)C2)s1. The van der Waals surface area contributed by atoms with Crippen LogP contribution in [0.4, 0.5) is 0 Å². The summed E-state index contributed by atoms with van der Waals surface area (Å²) in [5, 5.41) is 10.0. The number of nitrogens with zero attached hydrogens (tertiary/aromatic N) is 2. The maximum absolute atomic E-state index is 12.3. The Labute approximate surface area is 116 Å². The summed E-state index contributed by atoms with van der Waals surface area (Å²) in [5.41, 5.74) is 0. The summed E-state index contributed by atoms with van der Waals surface area (Å²) in [7, 11) is 0. The van der Waals surface area contributed by atoms with E-state index in [9.17, 15) is 9.59 Å². The molecule has 0 unspecified atom stereocenters. The van der Waals surface area contributed by atoms with Crippen LogP contribution in [0.2, 0.25) is 0 Å². The van der Waals surface area contributed by atoms with Crippen molar-refractivity contribution in [2.24, 2.45) is 11.8 Å². The molecule has 2 atom stereocenters. The van der Waals surface area contributed by atoms with Crippen molar-refractivity contribution in [3.8, 4) is 0 Å². The molecule has 1 fully saturated rings. The summed E-state index contributed by atoms with van der Waals surface area (Å²) in [6.07, 6.45) is 3.49. The highest BCUT2D eigenvalue weighted by atomic mass is 32.1. The molecule has 1 aliphatic heterocycles. The van der Waals surface area contributed by atoms with Gasteiger partial charge in [0.2, 0.25) is 0 Å². The van der Waals surface area contributed by atoms with Gasteiger partial charge in [-0.2, -0.15) is 0 Å². The predicted molar refractivity (Wildman–Crippen MR) is 72.3 cm³/mol. The smallest absolute Gasteiger partial charge is 0.308 e. The third-order valence-corrected chi connectivity index (χ3v) is 4.49. The van der Waals surface area contributed by atoms with E-state index in [1.54, 1.807) is 11.1 Å². The van der Waals surface area contributed by atoms with Crippen LogP contribution in [0.1, 0.15) is 34.9 Å². The summed E-state index contributed by atoms with van der Waals surface area (Å²) < 4.78 is 0. The molecule has 0 aliphatic carbocycles. The number of thiazole rings is 1. The third kappa shape index (κ3) is 2.94. The van der Waals surface area contributed by atoms with Gasteiger partial charge in [-0.3, -0.25) is 9.59 Å². The first-order chi connectivity index (χ1) is 9.02. The van der Waals surface area contributed by atoms with Crippen molar-refractivity contribution in [3.63, 3.8) is 0 Å². The molecule has 6 heteroatoms. The van der Waals surface area contributed by atoms with Crippen molar-refractivity contribution >= 4 is 23.2 Å². The second-order valence-electron chi connectivity index (χ2n) is 5.00. The van der Waals surface area contributed by atoms with Gasteiger partial charge in [0.1, 0.15) is 4.88 Å². The van der Waals surface area contributed by atoms with E-state index < -0.39 is 11.9 Å². The Balaban J connectivity index is 2.06. The van der Waals surface area contributed by atoms with Crippen molar-refractivity contribution in [2.45, 2.75) is 26.7 Å². The highest BCUT2D eigenvalue weighted by Crippen LogP contribution is 2.26. The van der Waals surface area contributed by atoms with E-state index in [2.05, 4.69) is 11.9 Å². The minimum absolute atomic E-state index is 0.00415. The molecule has 1 aromatic rings. The van der Waals surface area contributed by atoms with E-state index in [1.807, 2.05) is 6.92 Å². The van der Waals surface area contributed by atoms with Crippen LogP contribution in [0.3, 0.4) is 0 Å². The van der Waals surface area contributed by atoms with Crippen molar-refractivity contribution in [2.75, 3.05) is 13.1 Å². The van der Waals surface area contributed by atoms with Gasteiger partial charge in [-0.25, -0.2) is 4.98 Å². The van der Waals surface area contributed by atoms with Crippen LogP contribution in [0.25, 0.3) is 0 Å².